The van der Waals surface area contributed by atoms with Crippen molar-refractivity contribution in [1.82, 2.24) is 15.2 Å². The highest BCUT2D eigenvalue weighted by Gasteiger charge is 2.16. The molecule has 4 rings (SSSR count). The van der Waals surface area contributed by atoms with Crippen molar-refractivity contribution in [2.45, 2.75) is 6.92 Å². The smallest absolute Gasteiger partial charge is 0.273 e. The van der Waals surface area contributed by atoms with Gasteiger partial charge in [0.15, 0.2) is 0 Å². The SMILES string of the molecule is COc1ccc(OC)c(-c2cc(C(=O)Nc3cccc4nc(C)ccc34)[nH]n2)c1. The third-order valence-electron chi connectivity index (χ3n) is 4.62. The van der Waals surface area contributed by atoms with E-state index < -0.39 is 0 Å². The molecule has 0 radical (unpaired) electrons. The van der Waals surface area contributed by atoms with Crippen LogP contribution in [0.5, 0.6) is 11.5 Å². The summed E-state index contributed by atoms with van der Waals surface area (Å²) in [5, 5.41) is 10.9. The molecule has 29 heavy (non-hydrogen) atoms. The summed E-state index contributed by atoms with van der Waals surface area (Å²) >= 11 is 0. The summed E-state index contributed by atoms with van der Waals surface area (Å²) in [5.74, 6) is 1.02. The molecule has 0 saturated heterocycles. The van der Waals surface area contributed by atoms with Crippen LogP contribution in [-0.4, -0.2) is 35.3 Å². The highest BCUT2D eigenvalue weighted by molar-refractivity contribution is 6.08. The second-order valence-corrected chi connectivity index (χ2v) is 6.51. The molecule has 2 N–H and O–H groups in total. The van der Waals surface area contributed by atoms with E-state index in [2.05, 4.69) is 20.5 Å². The standard InChI is InChI=1S/C22H20N4O3/c1-13-7-9-15-17(23-13)5-4-6-18(15)24-22(27)20-12-19(25-26-20)16-11-14(28-2)8-10-21(16)29-3/h4-12H,1-3H3,(H,24,27)(H,25,26). The first-order valence-electron chi connectivity index (χ1n) is 9.04. The minimum absolute atomic E-state index is 0.293. The van der Waals surface area contributed by atoms with E-state index in [-0.39, 0.29) is 5.91 Å². The van der Waals surface area contributed by atoms with Crippen LogP contribution in [0, 0.1) is 6.92 Å². The number of aromatic nitrogens is 3. The monoisotopic (exact) mass is 388 g/mol. The second-order valence-electron chi connectivity index (χ2n) is 6.51. The Balaban J connectivity index is 1.63. The summed E-state index contributed by atoms with van der Waals surface area (Å²) in [5.41, 5.74) is 4.09. The number of nitrogens with one attached hydrogen (secondary N) is 2. The van der Waals surface area contributed by atoms with Gasteiger partial charge in [-0.15, -0.1) is 0 Å². The van der Waals surface area contributed by atoms with Crippen LogP contribution in [0.2, 0.25) is 0 Å². The number of carbonyl (C=O) groups excluding carboxylic acids is 1. The zero-order chi connectivity index (χ0) is 20.4. The van der Waals surface area contributed by atoms with Crippen LogP contribution in [-0.2, 0) is 0 Å². The van der Waals surface area contributed by atoms with Crippen molar-refractivity contribution in [1.29, 1.82) is 0 Å². The summed E-state index contributed by atoms with van der Waals surface area (Å²) < 4.78 is 10.7. The van der Waals surface area contributed by atoms with Crippen molar-refractivity contribution < 1.29 is 14.3 Å². The molecule has 0 aliphatic carbocycles. The Bertz CT molecular complexity index is 1200. The molecule has 0 aliphatic rings. The molecule has 4 aromatic rings. The largest absolute Gasteiger partial charge is 0.497 e. The molecule has 0 unspecified atom stereocenters. The molecule has 146 valence electrons. The highest BCUT2D eigenvalue weighted by Crippen LogP contribution is 2.32. The summed E-state index contributed by atoms with van der Waals surface area (Å²) in [7, 11) is 3.18. The summed E-state index contributed by atoms with van der Waals surface area (Å²) in [6.07, 6.45) is 0. The number of carbonyl (C=O) groups is 1. The first-order valence-corrected chi connectivity index (χ1v) is 9.04. The molecule has 2 aromatic carbocycles. The van der Waals surface area contributed by atoms with Crippen LogP contribution in [0.4, 0.5) is 5.69 Å². The molecule has 1 amide bonds. The van der Waals surface area contributed by atoms with Crippen molar-refractivity contribution in [2.75, 3.05) is 19.5 Å². The highest BCUT2D eigenvalue weighted by atomic mass is 16.5. The van der Waals surface area contributed by atoms with Crippen LogP contribution >= 0.6 is 0 Å². The van der Waals surface area contributed by atoms with Gasteiger partial charge in [0.25, 0.3) is 5.91 Å². The Morgan fingerprint density at radius 2 is 1.90 bits per heavy atom. The maximum absolute atomic E-state index is 12.8. The predicted molar refractivity (Wildman–Crippen MR) is 112 cm³/mol. The molecular weight excluding hydrogens is 368 g/mol. The fourth-order valence-electron chi connectivity index (χ4n) is 3.15. The number of H-pyrrole nitrogens is 1. The van der Waals surface area contributed by atoms with Crippen LogP contribution in [0.1, 0.15) is 16.2 Å². The van der Waals surface area contributed by atoms with Crippen molar-refractivity contribution in [2.24, 2.45) is 0 Å². The molecule has 0 saturated carbocycles. The van der Waals surface area contributed by atoms with Gasteiger partial charge in [0.1, 0.15) is 17.2 Å². The average Bonchev–Trinajstić information content (AvgIpc) is 3.23. The van der Waals surface area contributed by atoms with E-state index in [1.54, 1.807) is 32.4 Å². The summed E-state index contributed by atoms with van der Waals surface area (Å²) in [6.45, 7) is 1.93. The van der Waals surface area contributed by atoms with Gasteiger partial charge < -0.3 is 14.8 Å². The fraction of sp³-hybridized carbons (Fsp3) is 0.136. The lowest BCUT2D eigenvalue weighted by molar-refractivity contribution is 0.102. The van der Waals surface area contributed by atoms with Gasteiger partial charge in [-0.1, -0.05) is 6.07 Å². The Morgan fingerprint density at radius 1 is 1.03 bits per heavy atom. The minimum Gasteiger partial charge on any atom is -0.497 e. The van der Waals surface area contributed by atoms with Gasteiger partial charge in [0, 0.05) is 16.6 Å². The summed E-state index contributed by atoms with van der Waals surface area (Å²) in [6, 6.07) is 16.6. The van der Waals surface area contributed by atoms with Crippen molar-refractivity contribution >= 4 is 22.5 Å². The minimum atomic E-state index is -0.293. The maximum atomic E-state index is 12.8. The molecule has 0 spiro atoms. The van der Waals surface area contributed by atoms with Crippen LogP contribution in [0.15, 0.2) is 54.6 Å². The molecule has 2 heterocycles. The number of hydrogen-bond donors (Lipinski definition) is 2. The lowest BCUT2D eigenvalue weighted by atomic mass is 10.1. The number of benzene rings is 2. The van der Waals surface area contributed by atoms with Gasteiger partial charge in [-0.2, -0.15) is 5.10 Å². The quantitative estimate of drug-likeness (QED) is 0.535. The first kappa shape index (κ1) is 18.5. The van der Waals surface area contributed by atoms with E-state index in [0.29, 0.717) is 28.6 Å². The lowest BCUT2D eigenvalue weighted by Gasteiger charge is -2.08. The molecule has 0 bridgehead atoms. The Hall–Kier alpha value is -3.87. The van der Waals surface area contributed by atoms with Crippen LogP contribution in [0.25, 0.3) is 22.2 Å². The Morgan fingerprint density at radius 3 is 2.69 bits per heavy atom. The van der Waals surface area contributed by atoms with E-state index in [9.17, 15) is 4.79 Å². The number of rotatable bonds is 5. The zero-order valence-corrected chi connectivity index (χ0v) is 16.3. The average molecular weight is 388 g/mol. The fourth-order valence-corrected chi connectivity index (χ4v) is 3.15. The third kappa shape index (κ3) is 3.62. The molecule has 0 atom stereocenters. The number of aromatic amines is 1. The number of methoxy groups -OCH3 is 2. The predicted octanol–water partition coefficient (Wildman–Crippen LogP) is 4.20. The van der Waals surface area contributed by atoms with Gasteiger partial charge in [-0.05, 0) is 55.5 Å². The van der Waals surface area contributed by atoms with E-state index in [1.165, 1.54) is 0 Å². The number of aryl methyl sites for hydroxylation is 1. The topological polar surface area (TPSA) is 89.1 Å². The Labute approximate surface area is 167 Å². The van der Waals surface area contributed by atoms with Gasteiger partial charge >= 0.3 is 0 Å². The molecule has 0 aliphatic heterocycles. The lowest BCUT2D eigenvalue weighted by Crippen LogP contribution is -2.12. The number of anilines is 1. The number of ether oxygens (including phenoxy) is 2. The number of pyridine rings is 1. The number of amides is 1. The summed E-state index contributed by atoms with van der Waals surface area (Å²) in [4.78, 5) is 17.3. The van der Waals surface area contributed by atoms with E-state index in [0.717, 1.165) is 22.2 Å². The van der Waals surface area contributed by atoms with Gasteiger partial charge in [0.05, 0.1) is 31.1 Å². The van der Waals surface area contributed by atoms with Gasteiger partial charge in [-0.3, -0.25) is 14.9 Å². The van der Waals surface area contributed by atoms with Crippen molar-refractivity contribution in [3.05, 3.63) is 66.0 Å². The van der Waals surface area contributed by atoms with E-state index in [4.69, 9.17) is 9.47 Å². The number of fused-ring (bicyclic) bond motifs is 1. The number of hydrogen-bond acceptors (Lipinski definition) is 5. The second kappa shape index (κ2) is 7.63. The van der Waals surface area contributed by atoms with Gasteiger partial charge in [0.2, 0.25) is 0 Å². The first-order chi connectivity index (χ1) is 14.1. The maximum Gasteiger partial charge on any atom is 0.273 e. The number of nitrogens with zero attached hydrogens (tertiary/aromatic N) is 2. The van der Waals surface area contributed by atoms with Gasteiger partial charge in [-0.25, -0.2) is 0 Å². The van der Waals surface area contributed by atoms with Crippen LogP contribution < -0.4 is 14.8 Å². The molecule has 2 aromatic heterocycles. The molecule has 0 fully saturated rings. The molecular formula is C22H20N4O3. The zero-order valence-electron chi connectivity index (χ0n) is 16.3. The van der Waals surface area contributed by atoms with Crippen molar-refractivity contribution in [3.63, 3.8) is 0 Å². The third-order valence-corrected chi connectivity index (χ3v) is 4.62. The molecule has 7 nitrogen and oxygen atoms in total. The molecule has 7 heteroatoms. The van der Waals surface area contributed by atoms with Crippen molar-refractivity contribution in [3.8, 4) is 22.8 Å². The van der Waals surface area contributed by atoms with E-state index >= 15 is 0 Å². The van der Waals surface area contributed by atoms with Crippen LogP contribution in [0.3, 0.4) is 0 Å². The normalized spacial score (nSPS) is 10.7. The Kier molecular flexibility index (Phi) is 4.87. The van der Waals surface area contributed by atoms with E-state index in [1.807, 2.05) is 43.3 Å².